The fraction of sp³-hybridized carbons (Fsp3) is 0.348. The molecule has 2 N–H and O–H groups in total. The van der Waals surface area contributed by atoms with Crippen LogP contribution in [0.25, 0.3) is 21.3 Å². The molecule has 0 atom stereocenters. The van der Waals surface area contributed by atoms with Gasteiger partial charge in [-0.2, -0.15) is 5.10 Å². The molecule has 1 aromatic carbocycles. The molecule has 0 amide bonds. The lowest BCUT2D eigenvalue weighted by atomic mass is 10.0. The zero-order valence-corrected chi connectivity index (χ0v) is 21.3. The smallest absolute Gasteiger partial charge is 0.227 e. The molecule has 0 aliphatic rings. The van der Waals surface area contributed by atoms with Gasteiger partial charge in [0.15, 0.2) is 0 Å². The van der Waals surface area contributed by atoms with Gasteiger partial charge in [0, 0.05) is 34.5 Å². The number of aryl methyl sites for hydroxylation is 1. The molecule has 35 heavy (non-hydrogen) atoms. The molecule has 0 bridgehead atoms. The van der Waals surface area contributed by atoms with Gasteiger partial charge in [-0.05, 0) is 25.5 Å². The molecule has 12 heteroatoms. The van der Waals surface area contributed by atoms with E-state index in [2.05, 4.69) is 15.4 Å². The molecule has 0 saturated heterocycles. The second-order valence-corrected chi connectivity index (χ2v) is 11.5. The molecule has 0 fully saturated rings. The maximum absolute atomic E-state index is 11.3. The van der Waals surface area contributed by atoms with E-state index >= 15 is 0 Å². The first kappa shape index (κ1) is 24.9. The minimum Gasteiger partial charge on any atom is -0.496 e. The molecule has 3 heterocycles. The summed E-state index contributed by atoms with van der Waals surface area (Å²) in [6, 6.07) is 5.57. The number of aromatic nitrogens is 4. The van der Waals surface area contributed by atoms with Crippen LogP contribution in [0.15, 0.2) is 36.8 Å². The number of aliphatic hydroxyl groups is 1. The average Bonchev–Trinajstić information content (AvgIpc) is 3.39. The van der Waals surface area contributed by atoms with Crippen molar-refractivity contribution < 1.29 is 23.0 Å². The van der Waals surface area contributed by atoms with Crippen LogP contribution in [-0.2, 0) is 16.4 Å². The lowest BCUT2D eigenvalue weighted by Gasteiger charge is -2.12. The summed E-state index contributed by atoms with van der Waals surface area (Å²) < 4.78 is 36.6. The predicted molar refractivity (Wildman–Crippen MR) is 137 cm³/mol. The van der Waals surface area contributed by atoms with Gasteiger partial charge in [-0.3, -0.25) is 4.68 Å². The largest absolute Gasteiger partial charge is 0.496 e. The Morgan fingerprint density at radius 3 is 2.83 bits per heavy atom. The maximum Gasteiger partial charge on any atom is 0.227 e. The lowest BCUT2D eigenvalue weighted by Crippen LogP contribution is -2.08. The number of fused-ring (bicyclic) bond motifs is 1. The van der Waals surface area contributed by atoms with Crippen molar-refractivity contribution in [2.24, 2.45) is 0 Å². The highest BCUT2D eigenvalue weighted by Gasteiger charge is 2.18. The van der Waals surface area contributed by atoms with E-state index in [0.29, 0.717) is 37.0 Å². The third-order valence-electron chi connectivity index (χ3n) is 5.20. The normalized spacial score (nSPS) is 11.7. The number of benzene rings is 1. The number of nitrogens with zero attached hydrogens (tertiary/aromatic N) is 4. The van der Waals surface area contributed by atoms with E-state index in [1.54, 1.807) is 47.8 Å². The van der Waals surface area contributed by atoms with Crippen LogP contribution in [0, 0.1) is 6.92 Å². The number of hydrogen-bond donors (Lipinski definition) is 2. The van der Waals surface area contributed by atoms with Gasteiger partial charge in [-0.1, -0.05) is 0 Å². The summed E-state index contributed by atoms with van der Waals surface area (Å²) >= 11 is 1.60. The molecule has 3 aromatic heterocycles. The van der Waals surface area contributed by atoms with Gasteiger partial charge in [0.05, 0.1) is 60.9 Å². The molecule has 0 spiro atoms. The Bertz CT molecular complexity index is 1430. The molecule has 0 unspecified atom stereocenters. The van der Waals surface area contributed by atoms with E-state index in [-0.39, 0.29) is 12.4 Å². The SMILES string of the molecule is COc1cc(OCCCS(C)(=O)=O)ccc1-c1c(C)sc2cnc(Nc3cnn(CCO)c3)nc12. The average molecular weight is 518 g/mol. The fourth-order valence-corrected chi connectivity index (χ4v) is 5.28. The van der Waals surface area contributed by atoms with Gasteiger partial charge in [0.1, 0.15) is 21.3 Å². The van der Waals surface area contributed by atoms with Gasteiger partial charge in [0.25, 0.3) is 0 Å². The van der Waals surface area contributed by atoms with Gasteiger partial charge >= 0.3 is 0 Å². The quantitative estimate of drug-likeness (QED) is 0.288. The van der Waals surface area contributed by atoms with Crippen LogP contribution >= 0.6 is 11.3 Å². The van der Waals surface area contributed by atoms with Gasteiger partial charge in [-0.15, -0.1) is 11.3 Å². The monoisotopic (exact) mass is 517 g/mol. The van der Waals surface area contributed by atoms with Crippen LogP contribution in [0.3, 0.4) is 0 Å². The van der Waals surface area contributed by atoms with Crippen LogP contribution in [0.4, 0.5) is 11.6 Å². The highest BCUT2D eigenvalue weighted by molar-refractivity contribution is 7.90. The Balaban J connectivity index is 1.60. The molecule has 186 valence electrons. The Morgan fingerprint density at radius 1 is 1.26 bits per heavy atom. The number of aliphatic hydroxyl groups excluding tert-OH is 1. The number of methoxy groups -OCH3 is 1. The topological polar surface area (TPSA) is 128 Å². The second-order valence-electron chi connectivity index (χ2n) is 7.97. The number of rotatable bonds is 11. The highest BCUT2D eigenvalue weighted by atomic mass is 32.2. The van der Waals surface area contributed by atoms with E-state index in [1.807, 2.05) is 19.1 Å². The Labute approximate surface area is 207 Å². The third-order valence-corrected chi connectivity index (χ3v) is 7.26. The van der Waals surface area contributed by atoms with Crippen LogP contribution < -0.4 is 14.8 Å². The molecule has 0 aliphatic heterocycles. The third kappa shape index (κ3) is 6.08. The lowest BCUT2D eigenvalue weighted by molar-refractivity contribution is 0.269. The van der Waals surface area contributed by atoms with Crippen molar-refractivity contribution in [3.8, 4) is 22.6 Å². The second kappa shape index (κ2) is 10.6. The van der Waals surface area contributed by atoms with Crippen molar-refractivity contribution in [1.29, 1.82) is 0 Å². The van der Waals surface area contributed by atoms with Crippen LogP contribution in [0.5, 0.6) is 11.5 Å². The van der Waals surface area contributed by atoms with Crippen molar-refractivity contribution in [3.63, 3.8) is 0 Å². The van der Waals surface area contributed by atoms with Gasteiger partial charge in [-0.25, -0.2) is 18.4 Å². The van der Waals surface area contributed by atoms with Crippen molar-refractivity contribution >= 4 is 43.0 Å². The highest BCUT2D eigenvalue weighted by Crippen LogP contribution is 2.42. The Morgan fingerprint density at radius 2 is 2.09 bits per heavy atom. The summed E-state index contributed by atoms with van der Waals surface area (Å²) in [6.45, 7) is 2.75. The number of anilines is 2. The molecule has 4 rings (SSSR count). The van der Waals surface area contributed by atoms with E-state index in [0.717, 1.165) is 31.9 Å². The van der Waals surface area contributed by atoms with Crippen molar-refractivity contribution in [2.45, 2.75) is 19.9 Å². The molecule has 0 saturated carbocycles. The first-order valence-electron chi connectivity index (χ1n) is 10.9. The van der Waals surface area contributed by atoms with E-state index < -0.39 is 9.84 Å². The van der Waals surface area contributed by atoms with E-state index in [4.69, 9.17) is 19.6 Å². The molecule has 0 aliphatic carbocycles. The van der Waals surface area contributed by atoms with Gasteiger partial charge < -0.3 is 19.9 Å². The number of ether oxygens (including phenoxy) is 2. The number of hydrogen-bond acceptors (Lipinski definition) is 10. The van der Waals surface area contributed by atoms with Crippen molar-refractivity contribution in [3.05, 3.63) is 41.7 Å². The first-order valence-corrected chi connectivity index (χ1v) is 13.8. The van der Waals surface area contributed by atoms with Crippen LogP contribution in [-0.4, -0.2) is 65.6 Å². The summed E-state index contributed by atoms with van der Waals surface area (Å²) in [5, 5.41) is 16.4. The summed E-state index contributed by atoms with van der Waals surface area (Å²) in [6.07, 6.45) is 6.85. The first-order chi connectivity index (χ1) is 16.8. The Kier molecular flexibility index (Phi) is 7.53. The van der Waals surface area contributed by atoms with E-state index in [9.17, 15) is 8.42 Å². The van der Waals surface area contributed by atoms with Crippen molar-refractivity contribution in [1.82, 2.24) is 19.7 Å². The number of thiophene rings is 1. The van der Waals surface area contributed by atoms with Crippen LogP contribution in [0.1, 0.15) is 11.3 Å². The number of sulfone groups is 1. The molecule has 0 radical (unpaired) electrons. The summed E-state index contributed by atoms with van der Waals surface area (Å²) in [4.78, 5) is 10.3. The molecular weight excluding hydrogens is 490 g/mol. The van der Waals surface area contributed by atoms with Crippen molar-refractivity contribution in [2.75, 3.05) is 37.6 Å². The van der Waals surface area contributed by atoms with Gasteiger partial charge in [0.2, 0.25) is 5.95 Å². The summed E-state index contributed by atoms with van der Waals surface area (Å²) in [5.74, 6) is 1.76. The summed E-state index contributed by atoms with van der Waals surface area (Å²) in [7, 11) is -1.41. The minimum absolute atomic E-state index is 0.00737. The Hall–Kier alpha value is -3.22. The minimum atomic E-state index is -3.01. The zero-order chi connectivity index (χ0) is 25.0. The molecule has 10 nitrogen and oxygen atoms in total. The fourth-order valence-electron chi connectivity index (χ4n) is 3.65. The zero-order valence-electron chi connectivity index (χ0n) is 19.7. The maximum atomic E-state index is 11.3. The predicted octanol–water partition coefficient (Wildman–Crippen LogP) is 3.42. The number of nitrogens with one attached hydrogen (secondary N) is 1. The summed E-state index contributed by atoms with van der Waals surface area (Å²) in [5.41, 5.74) is 3.35. The molecule has 4 aromatic rings. The molecular formula is C23H27N5O5S2. The standard InChI is InChI=1S/C23H27N5O5S2/c1-15-21(18-6-5-17(11-19(18)32-2)33-9-4-10-35(3,30)31)22-20(34-15)13-24-23(27-22)26-16-12-25-28(14-16)7-8-29/h5-6,11-14,29H,4,7-10H2,1-3H3,(H,24,26,27). The van der Waals surface area contributed by atoms with Crippen LogP contribution in [0.2, 0.25) is 0 Å². The van der Waals surface area contributed by atoms with E-state index in [1.165, 1.54) is 6.26 Å².